The van der Waals surface area contributed by atoms with Crippen LogP contribution in [0.3, 0.4) is 0 Å². The Morgan fingerprint density at radius 1 is 1.56 bits per heavy atom. The first kappa shape index (κ1) is 12.3. The van der Waals surface area contributed by atoms with Crippen molar-refractivity contribution in [2.75, 3.05) is 6.54 Å². The summed E-state index contributed by atoms with van der Waals surface area (Å²) in [5, 5.41) is 12.0. The summed E-state index contributed by atoms with van der Waals surface area (Å²) in [6.45, 7) is 3.99. The van der Waals surface area contributed by atoms with Gasteiger partial charge in [-0.25, -0.2) is 4.79 Å². The zero-order valence-electron chi connectivity index (χ0n) is 9.37. The summed E-state index contributed by atoms with van der Waals surface area (Å²) in [6, 6.07) is 1.25. The average molecular weight is 225 g/mol. The number of rotatable bonds is 4. The van der Waals surface area contributed by atoms with E-state index in [1.165, 1.54) is 13.0 Å². The third-order valence-corrected chi connectivity index (χ3v) is 2.10. The van der Waals surface area contributed by atoms with E-state index in [-0.39, 0.29) is 17.1 Å². The van der Waals surface area contributed by atoms with Gasteiger partial charge in [-0.15, -0.1) is 0 Å². The summed E-state index contributed by atoms with van der Waals surface area (Å²) in [7, 11) is 0. The molecular weight excluding hydrogens is 210 g/mol. The smallest absolute Gasteiger partial charge is 0.352 e. The van der Waals surface area contributed by atoms with Crippen LogP contribution in [0.5, 0.6) is 5.75 Å². The number of aryl methyl sites for hydroxylation is 1. The van der Waals surface area contributed by atoms with Gasteiger partial charge >= 0.3 is 5.63 Å². The number of hydrogen-bond acceptors (Lipinski definition) is 4. The summed E-state index contributed by atoms with van der Waals surface area (Å²) < 4.78 is 4.74. The Labute approximate surface area is 93.1 Å². The van der Waals surface area contributed by atoms with Crippen molar-refractivity contribution in [3.05, 3.63) is 27.8 Å². The average Bonchev–Trinajstić information content (AvgIpc) is 2.16. The maximum atomic E-state index is 11.5. The number of carbonyl (C=O) groups is 1. The minimum absolute atomic E-state index is 0.271. The SMILES string of the molecule is CCCCNC(=O)c1c(O)cc(C)oc1=O. The van der Waals surface area contributed by atoms with Gasteiger partial charge in [0.2, 0.25) is 0 Å². The zero-order valence-corrected chi connectivity index (χ0v) is 9.37. The topological polar surface area (TPSA) is 79.5 Å². The molecule has 5 heteroatoms. The van der Waals surface area contributed by atoms with Crippen LogP contribution in [-0.2, 0) is 0 Å². The van der Waals surface area contributed by atoms with Gasteiger partial charge in [-0.2, -0.15) is 0 Å². The second-order valence-electron chi connectivity index (χ2n) is 3.51. The quantitative estimate of drug-likeness (QED) is 0.754. The normalized spacial score (nSPS) is 10.1. The molecule has 0 fully saturated rings. The fourth-order valence-electron chi connectivity index (χ4n) is 1.27. The van der Waals surface area contributed by atoms with E-state index < -0.39 is 11.5 Å². The summed E-state index contributed by atoms with van der Waals surface area (Å²) in [5.41, 5.74) is -1.15. The van der Waals surface area contributed by atoms with Gasteiger partial charge in [0.15, 0.2) is 5.56 Å². The molecule has 0 bridgehead atoms. The molecular formula is C11H15NO4. The largest absolute Gasteiger partial charge is 0.507 e. The van der Waals surface area contributed by atoms with Gasteiger partial charge in [-0.05, 0) is 13.3 Å². The third-order valence-electron chi connectivity index (χ3n) is 2.10. The molecule has 0 saturated heterocycles. The summed E-state index contributed by atoms with van der Waals surface area (Å²) in [4.78, 5) is 22.9. The number of carbonyl (C=O) groups excluding carboxylic acids is 1. The molecule has 88 valence electrons. The molecule has 0 unspecified atom stereocenters. The van der Waals surface area contributed by atoms with E-state index >= 15 is 0 Å². The van der Waals surface area contributed by atoms with Crippen LogP contribution in [0.1, 0.15) is 35.9 Å². The monoisotopic (exact) mass is 225 g/mol. The highest BCUT2D eigenvalue weighted by atomic mass is 16.4. The molecule has 1 heterocycles. The van der Waals surface area contributed by atoms with Crippen molar-refractivity contribution in [2.45, 2.75) is 26.7 Å². The van der Waals surface area contributed by atoms with Gasteiger partial charge in [0.1, 0.15) is 11.5 Å². The second kappa shape index (κ2) is 5.34. The van der Waals surface area contributed by atoms with Crippen LogP contribution < -0.4 is 10.9 Å². The lowest BCUT2D eigenvalue weighted by Crippen LogP contribution is -2.29. The molecule has 1 amide bonds. The van der Waals surface area contributed by atoms with Crippen molar-refractivity contribution in [3.63, 3.8) is 0 Å². The van der Waals surface area contributed by atoms with Crippen LogP contribution in [0.2, 0.25) is 0 Å². The van der Waals surface area contributed by atoms with Gasteiger partial charge in [0.25, 0.3) is 5.91 Å². The van der Waals surface area contributed by atoms with Crippen LogP contribution in [0.25, 0.3) is 0 Å². The summed E-state index contributed by atoms with van der Waals surface area (Å²) in [5.74, 6) is -0.671. The Hall–Kier alpha value is -1.78. The van der Waals surface area contributed by atoms with Crippen LogP contribution in [-0.4, -0.2) is 17.6 Å². The lowest BCUT2D eigenvalue weighted by atomic mass is 10.2. The predicted octanol–water partition coefficient (Wildman–Crippen LogP) is 1.18. The maximum Gasteiger partial charge on any atom is 0.352 e. The molecule has 1 rings (SSSR count). The standard InChI is InChI=1S/C11H15NO4/c1-3-4-5-12-10(14)9-8(13)6-7(2)16-11(9)15/h6,13H,3-5H2,1-2H3,(H,12,14). The molecule has 0 aliphatic heterocycles. The van der Waals surface area contributed by atoms with E-state index in [4.69, 9.17) is 4.42 Å². The Kier molecular flexibility index (Phi) is 4.10. The minimum Gasteiger partial charge on any atom is -0.507 e. The molecule has 1 aromatic rings. The minimum atomic E-state index is -0.813. The molecule has 16 heavy (non-hydrogen) atoms. The fourth-order valence-corrected chi connectivity index (χ4v) is 1.27. The van der Waals surface area contributed by atoms with E-state index in [1.807, 2.05) is 6.92 Å². The van der Waals surface area contributed by atoms with Gasteiger partial charge < -0.3 is 14.8 Å². The molecule has 0 aromatic carbocycles. The van der Waals surface area contributed by atoms with E-state index in [0.717, 1.165) is 12.8 Å². The van der Waals surface area contributed by atoms with E-state index in [1.54, 1.807) is 0 Å². The Morgan fingerprint density at radius 3 is 2.81 bits per heavy atom. The molecule has 0 radical (unpaired) electrons. The second-order valence-corrected chi connectivity index (χ2v) is 3.51. The number of amides is 1. The molecule has 0 spiro atoms. The van der Waals surface area contributed by atoms with Gasteiger partial charge in [-0.3, -0.25) is 4.79 Å². The summed E-state index contributed by atoms with van der Waals surface area (Å²) in [6.07, 6.45) is 1.76. The molecule has 0 aliphatic carbocycles. The van der Waals surface area contributed by atoms with E-state index in [0.29, 0.717) is 6.54 Å². The van der Waals surface area contributed by atoms with Crippen molar-refractivity contribution in [2.24, 2.45) is 0 Å². The number of nitrogens with one attached hydrogen (secondary N) is 1. The van der Waals surface area contributed by atoms with Gasteiger partial charge in [0, 0.05) is 12.6 Å². The zero-order chi connectivity index (χ0) is 12.1. The van der Waals surface area contributed by atoms with Crippen LogP contribution >= 0.6 is 0 Å². The maximum absolute atomic E-state index is 11.5. The van der Waals surface area contributed by atoms with Crippen molar-refractivity contribution in [1.82, 2.24) is 5.32 Å². The molecule has 0 aliphatic rings. The lowest BCUT2D eigenvalue weighted by Gasteiger charge is -2.05. The highest BCUT2D eigenvalue weighted by molar-refractivity contribution is 5.96. The number of hydrogen-bond donors (Lipinski definition) is 2. The first-order valence-electron chi connectivity index (χ1n) is 5.18. The van der Waals surface area contributed by atoms with Gasteiger partial charge in [-0.1, -0.05) is 13.3 Å². The first-order chi connectivity index (χ1) is 7.56. The summed E-state index contributed by atoms with van der Waals surface area (Å²) >= 11 is 0. The molecule has 0 saturated carbocycles. The van der Waals surface area contributed by atoms with Crippen molar-refractivity contribution >= 4 is 5.91 Å². The Morgan fingerprint density at radius 2 is 2.25 bits per heavy atom. The van der Waals surface area contributed by atoms with E-state index in [2.05, 4.69) is 5.32 Å². The molecule has 0 atom stereocenters. The van der Waals surface area contributed by atoms with Crippen LogP contribution in [0, 0.1) is 6.92 Å². The highest BCUT2D eigenvalue weighted by Crippen LogP contribution is 2.13. The Balaban J connectivity index is 2.87. The predicted molar refractivity (Wildman–Crippen MR) is 58.6 cm³/mol. The fraction of sp³-hybridized carbons (Fsp3) is 0.455. The first-order valence-corrected chi connectivity index (χ1v) is 5.18. The van der Waals surface area contributed by atoms with E-state index in [9.17, 15) is 14.7 Å². The van der Waals surface area contributed by atoms with Crippen molar-refractivity contribution in [1.29, 1.82) is 0 Å². The van der Waals surface area contributed by atoms with Crippen molar-refractivity contribution < 1.29 is 14.3 Å². The Bertz CT molecular complexity index is 436. The third kappa shape index (κ3) is 2.85. The molecule has 5 nitrogen and oxygen atoms in total. The number of unbranched alkanes of at least 4 members (excludes halogenated alkanes) is 1. The molecule has 2 N–H and O–H groups in total. The lowest BCUT2D eigenvalue weighted by molar-refractivity contribution is 0.0946. The van der Waals surface area contributed by atoms with Gasteiger partial charge in [0.05, 0.1) is 0 Å². The van der Waals surface area contributed by atoms with Crippen LogP contribution in [0.15, 0.2) is 15.3 Å². The van der Waals surface area contributed by atoms with Crippen LogP contribution in [0.4, 0.5) is 0 Å². The number of aromatic hydroxyl groups is 1. The highest BCUT2D eigenvalue weighted by Gasteiger charge is 2.17. The molecule has 1 aromatic heterocycles. The van der Waals surface area contributed by atoms with Crippen molar-refractivity contribution in [3.8, 4) is 5.75 Å².